The molecule has 1 aliphatic rings. The van der Waals surface area contributed by atoms with Crippen molar-refractivity contribution >= 4 is 11.6 Å². The van der Waals surface area contributed by atoms with Crippen molar-refractivity contribution in [2.45, 2.75) is 13.0 Å². The molecular formula is C14H21N3O2. The molecule has 104 valence electrons. The Morgan fingerprint density at radius 3 is 2.89 bits per heavy atom. The quantitative estimate of drug-likeness (QED) is 0.825. The molecule has 0 spiro atoms. The number of benzene rings is 1. The standard InChI is InChI=1S/C14H21N3O2/c1-16-6-3-7-17(10-14(16)18)9-11-4-5-12(15)8-13(11)19-2/h4-5,8H,3,6-7,9-10,15H2,1-2H3. The maximum Gasteiger partial charge on any atom is 0.236 e. The van der Waals surface area contributed by atoms with E-state index in [-0.39, 0.29) is 5.91 Å². The van der Waals surface area contributed by atoms with Crippen LogP contribution in [0.15, 0.2) is 18.2 Å². The van der Waals surface area contributed by atoms with Crippen molar-refractivity contribution in [3.63, 3.8) is 0 Å². The third kappa shape index (κ3) is 3.38. The highest BCUT2D eigenvalue weighted by atomic mass is 16.5. The number of nitrogens with zero attached hydrogens (tertiary/aromatic N) is 2. The molecule has 1 fully saturated rings. The molecule has 5 heteroatoms. The fourth-order valence-electron chi connectivity index (χ4n) is 2.31. The van der Waals surface area contributed by atoms with E-state index < -0.39 is 0 Å². The minimum Gasteiger partial charge on any atom is -0.496 e. The highest BCUT2D eigenvalue weighted by Crippen LogP contribution is 2.23. The summed E-state index contributed by atoms with van der Waals surface area (Å²) in [4.78, 5) is 15.8. The van der Waals surface area contributed by atoms with Gasteiger partial charge in [-0.25, -0.2) is 0 Å². The zero-order valence-electron chi connectivity index (χ0n) is 11.6. The second-order valence-electron chi connectivity index (χ2n) is 4.95. The fraction of sp³-hybridized carbons (Fsp3) is 0.500. The highest BCUT2D eigenvalue weighted by Gasteiger charge is 2.19. The number of carbonyl (C=O) groups is 1. The first-order valence-corrected chi connectivity index (χ1v) is 6.49. The van der Waals surface area contributed by atoms with E-state index in [4.69, 9.17) is 10.5 Å². The first-order valence-electron chi connectivity index (χ1n) is 6.49. The molecule has 1 amide bonds. The lowest BCUT2D eigenvalue weighted by Crippen LogP contribution is -2.34. The summed E-state index contributed by atoms with van der Waals surface area (Å²) in [6, 6.07) is 5.65. The summed E-state index contributed by atoms with van der Waals surface area (Å²) >= 11 is 0. The number of hydrogen-bond acceptors (Lipinski definition) is 4. The molecule has 0 radical (unpaired) electrons. The molecule has 0 aliphatic carbocycles. The third-order valence-corrected chi connectivity index (χ3v) is 3.46. The summed E-state index contributed by atoms with van der Waals surface area (Å²) in [6.07, 6.45) is 1.000. The molecule has 1 heterocycles. The van der Waals surface area contributed by atoms with Crippen LogP contribution in [0.2, 0.25) is 0 Å². The van der Waals surface area contributed by atoms with Gasteiger partial charge in [-0.2, -0.15) is 0 Å². The van der Waals surface area contributed by atoms with Crippen LogP contribution in [0.1, 0.15) is 12.0 Å². The Bertz CT molecular complexity index is 462. The number of likely N-dealkylation sites (N-methyl/N-ethyl adjacent to an activating group) is 1. The SMILES string of the molecule is COc1cc(N)ccc1CN1CCCN(C)C(=O)C1. The fourth-order valence-corrected chi connectivity index (χ4v) is 2.31. The molecule has 1 aliphatic heterocycles. The van der Waals surface area contributed by atoms with Gasteiger partial charge in [0.1, 0.15) is 5.75 Å². The summed E-state index contributed by atoms with van der Waals surface area (Å²) < 4.78 is 5.34. The van der Waals surface area contributed by atoms with Crippen LogP contribution in [0, 0.1) is 0 Å². The Balaban J connectivity index is 2.10. The number of methoxy groups -OCH3 is 1. The molecule has 0 bridgehead atoms. The van der Waals surface area contributed by atoms with E-state index in [0.717, 1.165) is 30.8 Å². The Labute approximate surface area is 113 Å². The van der Waals surface area contributed by atoms with Crippen LogP contribution in [0.3, 0.4) is 0 Å². The zero-order chi connectivity index (χ0) is 13.8. The van der Waals surface area contributed by atoms with Gasteiger partial charge in [0.2, 0.25) is 5.91 Å². The number of rotatable bonds is 3. The van der Waals surface area contributed by atoms with Gasteiger partial charge in [0.25, 0.3) is 0 Å². The third-order valence-electron chi connectivity index (χ3n) is 3.46. The Hall–Kier alpha value is -1.75. The van der Waals surface area contributed by atoms with Crippen molar-refractivity contribution in [1.82, 2.24) is 9.80 Å². The van der Waals surface area contributed by atoms with Crippen LogP contribution < -0.4 is 10.5 Å². The summed E-state index contributed by atoms with van der Waals surface area (Å²) in [5.41, 5.74) is 7.50. The number of carbonyl (C=O) groups excluding carboxylic acids is 1. The van der Waals surface area contributed by atoms with E-state index >= 15 is 0 Å². The van der Waals surface area contributed by atoms with Gasteiger partial charge >= 0.3 is 0 Å². The molecule has 0 saturated carbocycles. The Kier molecular flexibility index (Phi) is 4.27. The normalized spacial score (nSPS) is 17.4. The highest BCUT2D eigenvalue weighted by molar-refractivity contribution is 5.78. The predicted molar refractivity (Wildman–Crippen MR) is 74.9 cm³/mol. The van der Waals surface area contributed by atoms with Crippen molar-refractivity contribution in [2.75, 3.05) is 39.5 Å². The van der Waals surface area contributed by atoms with Gasteiger partial charge in [-0.05, 0) is 12.5 Å². The smallest absolute Gasteiger partial charge is 0.236 e. The van der Waals surface area contributed by atoms with E-state index in [9.17, 15) is 4.79 Å². The van der Waals surface area contributed by atoms with Crippen LogP contribution in [0.5, 0.6) is 5.75 Å². The largest absolute Gasteiger partial charge is 0.496 e. The van der Waals surface area contributed by atoms with Crippen molar-refractivity contribution < 1.29 is 9.53 Å². The summed E-state index contributed by atoms with van der Waals surface area (Å²) in [6.45, 7) is 2.92. The van der Waals surface area contributed by atoms with Gasteiger partial charge in [-0.3, -0.25) is 9.69 Å². The van der Waals surface area contributed by atoms with Crippen LogP contribution in [-0.4, -0.2) is 49.5 Å². The summed E-state index contributed by atoms with van der Waals surface area (Å²) in [7, 11) is 3.50. The molecule has 1 saturated heterocycles. The van der Waals surface area contributed by atoms with Gasteiger partial charge in [-0.15, -0.1) is 0 Å². The van der Waals surface area contributed by atoms with Crippen molar-refractivity contribution in [1.29, 1.82) is 0 Å². The topological polar surface area (TPSA) is 58.8 Å². The molecule has 1 aromatic carbocycles. The van der Waals surface area contributed by atoms with Gasteiger partial charge in [0, 0.05) is 44.0 Å². The van der Waals surface area contributed by atoms with E-state index in [1.807, 2.05) is 25.2 Å². The minimum absolute atomic E-state index is 0.173. The molecule has 0 unspecified atom stereocenters. The maximum atomic E-state index is 11.9. The lowest BCUT2D eigenvalue weighted by molar-refractivity contribution is -0.130. The lowest BCUT2D eigenvalue weighted by Gasteiger charge is -2.20. The van der Waals surface area contributed by atoms with Crippen LogP contribution in [0.4, 0.5) is 5.69 Å². The predicted octanol–water partition coefficient (Wildman–Crippen LogP) is 0.942. The summed E-state index contributed by atoms with van der Waals surface area (Å²) in [5.74, 6) is 0.956. The van der Waals surface area contributed by atoms with Crippen molar-refractivity contribution in [2.24, 2.45) is 0 Å². The van der Waals surface area contributed by atoms with Crippen molar-refractivity contribution in [3.05, 3.63) is 23.8 Å². The molecular weight excluding hydrogens is 242 g/mol. The average Bonchev–Trinajstić information content (AvgIpc) is 2.54. The second-order valence-corrected chi connectivity index (χ2v) is 4.95. The van der Waals surface area contributed by atoms with Gasteiger partial charge in [-0.1, -0.05) is 6.07 Å². The molecule has 2 N–H and O–H groups in total. The number of anilines is 1. The first kappa shape index (κ1) is 13.7. The van der Waals surface area contributed by atoms with Crippen LogP contribution >= 0.6 is 0 Å². The minimum atomic E-state index is 0.173. The zero-order valence-corrected chi connectivity index (χ0v) is 11.6. The van der Waals surface area contributed by atoms with Crippen molar-refractivity contribution in [3.8, 4) is 5.75 Å². The summed E-state index contributed by atoms with van der Waals surface area (Å²) in [5, 5.41) is 0. The molecule has 2 rings (SSSR count). The van der Waals surface area contributed by atoms with E-state index in [0.29, 0.717) is 18.8 Å². The number of amides is 1. The molecule has 5 nitrogen and oxygen atoms in total. The molecule has 1 aromatic rings. The van der Waals surface area contributed by atoms with Gasteiger partial charge in [0.05, 0.1) is 13.7 Å². The van der Waals surface area contributed by atoms with Crippen LogP contribution in [0.25, 0.3) is 0 Å². The lowest BCUT2D eigenvalue weighted by atomic mass is 10.1. The first-order chi connectivity index (χ1) is 9.10. The monoisotopic (exact) mass is 263 g/mol. The number of hydrogen-bond donors (Lipinski definition) is 1. The second kappa shape index (κ2) is 5.93. The molecule has 0 aromatic heterocycles. The molecule has 19 heavy (non-hydrogen) atoms. The number of nitrogens with two attached hydrogens (primary N) is 1. The maximum absolute atomic E-state index is 11.9. The van der Waals surface area contributed by atoms with E-state index in [2.05, 4.69) is 4.90 Å². The number of nitrogen functional groups attached to an aromatic ring is 1. The van der Waals surface area contributed by atoms with Crippen LogP contribution in [-0.2, 0) is 11.3 Å². The Morgan fingerprint density at radius 2 is 2.16 bits per heavy atom. The average molecular weight is 263 g/mol. The van der Waals surface area contributed by atoms with E-state index in [1.54, 1.807) is 12.0 Å². The molecule has 0 atom stereocenters. The van der Waals surface area contributed by atoms with Gasteiger partial charge < -0.3 is 15.4 Å². The Morgan fingerprint density at radius 1 is 1.37 bits per heavy atom. The van der Waals surface area contributed by atoms with Gasteiger partial charge in [0.15, 0.2) is 0 Å². The number of ether oxygens (including phenoxy) is 1. The van der Waals surface area contributed by atoms with E-state index in [1.165, 1.54) is 0 Å².